The summed E-state index contributed by atoms with van der Waals surface area (Å²) in [4.78, 5) is 0. The van der Waals surface area contributed by atoms with Gasteiger partial charge in [0, 0.05) is 17.9 Å². The van der Waals surface area contributed by atoms with Crippen molar-refractivity contribution in [3.05, 3.63) is 42.2 Å². The van der Waals surface area contributed by atoms with E-state index < -0.39 is 0 Å². The van der Waals surface area contributed by atoms with Crippen LogP contribution in [0.4, 0.5) is 0 Å². The van der Waals surface area contributed by atoms with E-state index in [0.29, 0.717) is 5.75 Å². The van der Waals surface area contributed by atoms with Gasteiger partial charge in [0.05, 0.1) is 20.5 Å². The molecule has 126 valence electrons. The summed E-state index contributed by atoms with van der Waals surface area (Å²) in [6.07, 6.45) is 1.64. The number of aromatic nitrogens is 3. The lowest BCUT2D eigenvalue weighted by molar-refractivity contribution is 0.400. The lowest BCUT2D eigenvalue weighted by Gasteiger charge is -2.10. The average Bonchev–Trinajstić information content (AvgIpc) is 3.28. The first-order valence-electron chi connectivity index (χ1n) is 7.57. The fourth-order valence-corrected chi connectivity index (χ4v) is 3.39. The molecule has 0 atom stereocenters. The van der Waals surface area contributed by atoms with Crippen LogP contribution in [0, 0.1) is 0 Å². The molecule has 0 bridgehead atoms. The molecule has 0 N–H and O–H groups in total. The molecular formula is C17H19N3O3S. The van der Waals surface area contributed by atoms with Crippen LogP contribution in [0.2, 0.25) is 0 Å². The zero-order valence-corrected chi connectivity index (χ0v) is 14.7. The Hall–Kier alpha value is -2.41. The van der Waals surface area contributed by atoms with Gasteiger partial charge in [-0.25, -0.2) is 0 Å². The summed E-state index contributed by atoms with van der Waals surface area (Å²) in [5.41, 5.74) is 1.05. The molecule has 2 aromatic heterocycles. The molecule has 24 heavy (non-hydrogen) atoms. The SMILES string of the molecule is CCn1c(SCc2cc(OC)ccc2OC)nnc1-c1ccco1. The Labute approximate surface area is 144 Å². The zero-order valence-electron chi connectivity index (χ0n) is 13.9. The number of hydrogen-bond donors (Lipinski definition) is 0. The Kier molecular flexibility index (Phi) is 5.10. The third-order valence-electron chi connectivity index (χ3n) is 3.62. The Morgan fingerprint density at radius 1 is 1.17 bits per heavy atom. The zero-order chi connectivity index (χ0) is 16.9. The fourth-order valence-electron chi connectivity index (χ4n) is 2.41. The van der Waals surface area contributed by atoms with Crippen molar-refractivity contribution >= 4 is 11.8 Å². The molecule has 2 heterocycles. The van der Waals surface area contributed by atoms with E-state index in [-0.39, 0.29) is 0 Å². The largest absolute Gasteiger partial charge is 0.497 e. The third kappa shape index (κ3) is 3.26. The quantitative estimate of drug-likeness (QED) is 0.606. The molecule has 0 aliphatic rings. The van der Waals surface area contributed by atoms with E-state index in [1.807, 2.05) is 34.9 Å². The highest BCUT2D eigenvalue weighted by molar-refractivity contribution is 7.98. The molecule has 0 aliphatic carbocycles. The highest BCUT2D eigenvalue weighted by atomic mass is 32.2. The van der Waals surface area contributed by atoms with Crippen molar-refractivity contribution in [1.82, 2.24) is 14.8 Å². The molecule has 0 aliphatic heterocycles. The highest BCUT2D eigenvalue weighted by Crippen LogP contribution is 2.31. The van der Waals surface area contributed by atoms with Gasteiger partial charge in [-0.1, -0.05) is 11.8 Å². The molecule has 7 heteroatoms. The van der Waals surface area contributed by atoms with Crippen molar-refractivity contribution in [2.24, 2.45) is 0 Å². The van der Waals surface area contributed by atoms with Gasteiger partial charge in [-0.3, -0.25) is 4.57 Å². The minimum Gasteiger partial charge on any atom is -0.497 e. The molecule has 3 rings (SSSR count). The van der Waals surface area contributed by atoms with Gasteiger partial charge >= 0.3 is 0 Å². The molecule has 0 fully saturated rings. The number of furan rings is 1. The molecule has 0 saturated carbocycles. The second-order valence-electron chi connectivity index (χ2n) is 4.99. The van der Waals surface area contributed by atoms with Crippen molar-refractivity contribution in [2.45, 2.75) is 24.4 Å². The first-order valence-corrected chi connectivity index (χ1v) is 8.56. The van der Waals surface area contributed by atoms with Crippen molar-refractivity contribution in [1.29, 1.82) is 0 Å². The lowest BCUT2D eigenvalue weighted by Crippen LogP contribution is -1.99. The lowest BCUT2D eigenvalue weighted by atomic mass is 10.2. The summed E-state index contributed by atoms with van der Waals surface area (Å²) < 4.78 is 18.2. The number of rotatable bonds is 7. The van der Waals surface area contributed by atoms with E-state index >= 15 is 0 Å². The Balaban J connectivity index is 1.83. The molecule has 3 aromatic rings. The third-order valence-corrected chi connectivity index (χ3v) is 4.63. The van der Waals surface area contributed by atoms with Crippen LogP contribution in [0.3, 0.4) is 0 Å². The van der Waals surface area contributed by atoms with Crippen LogP contribution >= 0.6 is 11.8 Å². The first-order chi connectivity index (χ1) is 11.8. The predicted octanol–water partition coefficient (Wildman–Crippen LogP) is 3.87. The molecule has 0 radical (unpaired) electrons. The van der Waals surface area contributed by atoms with E-state index in [2.05, 4.69) is 17.1 Å². The van der Waals surface area contributed by atoms with Crippen molar-refractivity contribution in [3.63, 3.8) is 0 Å². The second-order valence-corrected chi connectivity index (χ2v) is 5.94. The Morgan fingerprint density at radius 3 is 2.71 bits per heavy atom. The Morgan fingerprint density at radius 2 is 2.04 bits per heavy atom. The van der Waals surface area contributed by atoms with E-state index in [1.165, 1.54) is 0 Å². The summed E-state index contributed by atoms with van der Waals surface area (Å²) in [5, 5.41) is 9.40. The topological polar surface area (TPSA) is 62.3 Å². The van der Waals surface area contributed by atoms with E-state index in [4.69, 9.17) is 13.9 Å². The number of benzene rings is 1. The maximum Gasteiger partial charge on any atom is 0.200 e. The summed E-state index contributed by atoms with van der Waals surface area (Å²) in [5.74, 6) is 3.80. The molecule has 1 aromatic carbocycles. The summed E-state index contributed by atoms with van der Waals surface area (Å²) in [7, 11) is 3.32. The van der Waals surface area contributed by atoms with Crippen LogP contribution < -0.4 is 9.47 Å². The Bertz CT molecular complexity index is 800. The van der Waals surface area contributed by atoms with Gasteiger partial charge in [-0.05, 0) is 37.3 Å². The van der Waals surface area contributed by atoms with E-state index in [1.54, 1.807) is 32.2 Å². The molecule has 6 nitrogen and oxygen atoms in total. The predicted molar refractivity (Wildman–Crippen MR) is 92.5 cm³/mol. The second kappa shape index (κ2) is 7.44. The average molecular weight is 345 g/mol. The molecule has 0 spiro atoms. The monoisotopic (exact) mass is 345 g/mol. The van der Waals surface area contributed by atoms with Gasteiger partial charge in [0.2, 0.25) is 0 Å². The highest BCUT2D eigenvalue weighted by Gasteiger charge is 2.16. The van der Waals surface area contributed by atoms with Gasteiger partial charge in [-0.15, -0.1) is 10.2 Å². The first kappa shape index (κ1) is 16.4. The minimum absolute atomic E-state index is 0.705. The van der Waals surface area contributed by atoms with Crippen LogP contribution in [0.25, 0.3) is 11.6 Å². The maximum atomic E-state index is 5.44. The smallest absolute Gasteiger partial charge is 0.200 e. The standard InChI is InChI=1S/C17H19N3O3S/c1-4-20-16(15-6-5-9-23-15)18-19-17(20)24-11-12-10-13(21-2)7-8-14(12)22-3/h5-10H,4,11H2,1-3H3. The minimum atomic E-state index is 0.705. The number of thioether (sulfide) groups is 1. The molecule has 0 amide bonds. The summed E-state index contributed by atoms with van der Waals surface area (Å²) >= 11 is 1.60. The van der Waals surface area contributed by atoms with Crippen LogP contribution in [0.15, 0.2) is 46.2 Å². The van der Waals surface area contributed by atoms with Crippen molar-refractivity contribution in [3.8, 4) is 23.1 Å². The summed E-state index contributed by atoms with van der Waals surface area (Å²) in [6.45, 7) is 2.83. The van der Waals surface area contributed by atoms with Crippen molar-refractivity contribution < 1.29 is 13.9 Å². The normalized spacial score (nSPS) is 10.8. The van der Waals surface area contributed by atoms with Crippen LogP contribution in [0.5, 0.6) is 11.5 Å². The fraction of sp³-hybridized carbons (Fsp3) is 0.294. The van der Waals surface area contributed by atoms with Crippen LogP contribution in [0.1, 0.15) is 12.5 Å². The molecular weight excluding hydrogens is 326 g/mol. The van der Waals surface area contributed by atoms with Gasteiger partial charge in [0.15, 0.2) is 16.7 Å². The number of ether oxygens (including phenoxy) is 2. The van der Waals surface area contributed by atoms with E-state index in [0.717, 1.165) is 40.3 Å². The summed E-state index contributed by atoms with van der Waals surface area (Å²) in [6, 6.07) is 9.50. The number of hydrogen-bond acceptors (Lipinski definition) is 6. The number of methoxy groups -OCH3 is 2. The van der Waals surface area contributed by atoms with Crippen LogP contribution in [-0.2, 0) is 12.3 Å². The van der Waals surface area contributed by atoms with Gasteiger partial charge in [0.25, 0.3) is 0 Å². The van der Waals surface area contributed by atoms with E-state index in [9.17, 15) is 0 Å². The molecule has 0 saturated heterocycles. The van der Waals surface area contributed by atoms with Gasteiger partial charge < -0.3 is 13.9 Å². The van der Waals surface area contributed by atoms with Crippen LogP contribution in [-0.4, -0.2) is 29.0 Å². The van der Waals surface area contributed by atoms with Gasteiger partial charge in [-0.2, -0.15) is 0 Å². The number of nitrogens with zero attached hydrogens (tertiary/aromatic N) is 3. The van der Waals surface area contributed by atoms with Crippen molar-refractivity contribution in [2.75, 3.05) is 14.2 Å². The maximum absolute atomic E-state index is 5.44. The molecule has 0 unspecified atom stereocenters. The van der Waals surface area contributed by atoms with Gasteiger partial charge in [0.1, 0.15) is 11.5 Å².